The normalized spacial score (nSPS) is 26.1. The Balaban J connectivity index is 1.67. The number of amides is 1. The summed E-state index contributed by atoms with van der Waals surface area (Å²) in [6.07, 6.45) is 2.99. The van der Waals surface area contributed by atoms with Crippen molar-refractivity contribution in [2.45, 2.75) is 38.3 Å². The van der Waals surface area contributed by atoms with E-state index in [4.69, 9.17) is 0 Å². The molecule has 0 spiro atoms. The third-order valence-electron chi connectivity index (χ3n) is 4.91. The van der Waals surface area contributed by atoms with Gasteiger partial charge in [0.1, 0.15) is 6.04 Å². The molecule has 1 fully saturated rings. The van der Waals surface area contributed by atoms with Gasteiger partial charge in [-0.25, -0.2) is 0 Å². The number of likely N-dealkylation sites (N-methyl/N-ethyl adjacent to an activating group) is 1. The lowest BCUT2D eigenvalue weighted by molar-refractivity contribution is -0.135. The molecule has 0 saturated carbocycles. The van der Waals surface area contributed by atoms with Gasteiger partial charge in [-0.15, -0.1) is 0 Å². The van der Waals surface area contributed by atoms with Crippen LogP contribution < -0.4 is 5.32 Å². The minimum absolute atomic E-state index is 0.0548. The van der Waals surface area contributed by atoms with Gasteiger partial charge in [0.15, 0.2) is 0 Å². The van der Waals surface area contributed by atoms with Gasteiger partial charge in [0.2, 0.25) is 5.91 Å². The van der Waals surface area contributed by atoms with Crippen LogP contribution in [0.15, 0.2) is 24.3 Å². The first-order valence-electron chi connectivity index (χ1n) is 8.02. The molecule has 2 aliphatic rings. The van der Waals surface area contributed by atoms with E-state index in [-0.39, 0.29) is 11.9 Å². The molecule has 1 amide bonds. The number of nitrogens with one attached hydrogen (secondary N) is 1. The van der Waals surface area contributed by atoms with Crippen LogP contribution in [-0.4, -0.2) is 54.5 Å². The molecule has 1 aromatic rings. The van der Waals surface area contributed by atoms with E-state index in [9.17, 15) is 4.79 Å². The van der Waals surface area contributed by atoms with Crippen molar-refractivity contribution >= 4 is 11.6 Å². The predicted molar refractivity (Wildman–Crippen MR) is 85.5 cm³/mol. The first kappa shape index (κ1) is 14.4. The molecular formula is C17H25N3O. The van der Waals surface area contributed by atoms with Gasteiger partial charge >= 0.3 is 0 Å². The lowest BCUT2D eigenvalue weighted by Gasteiger charge is -2.41. The van der Waals surface area contributed by atoms with Gasteiger partial charge < -0.3 is 10.2 Å². The molecule has 0 radical (unpaired) electrons. The van der Waals surface area contributed by atoms with Crippen LogP contribution in [0.4, 0.5) is 5.69 Å². The van der Waals surface area contributed by atoms with Gasteiger partial charge in [-0.3, -0.25) is 9.69 Å². The molecule has 2 aliphatic heterocycles. The number of anilines is 1. The van der Waals surface area contributed by atoms with Crippen molar-refractivity contribution in [3.8, 4) is 0 Å². The van der Waals surface area contributed by atoms with E-state index >= 15 is 0 Å². The molecule has 2 unspecified atom stereocenters. The topological polar surface area (TPSA) is 35.6 Å². The van der Waals surface area contributed by atoms with Gasteiger partial charge in [-0.05, 0) is 37.9 Å². The maximum absolute atomic E-state index is 12.8. The van der Waals surface area contributed by atoms with E-state index in [1.165, 1.54) is 5.56 Å². The maximum Gasteiger partial charge on any atom is 0.245 e. The molecule has 1 aromatic carbocycles. The number of aryl methyl sites for hydroxylation is 1. The van der Waals surface area contributed by atoms with Gasteiger partial charge in [0.05, 0.1) is 0 Å². The van der Waals surface area contributed by atoms with Crippen LogP contribution in [0.25, 0.3) is 0 Å². The molecule has 4 heteroatoms. The molecule has 4 nitrogen and oxygen atoms in total. The molecule has 0 aliphatic carbocycles. The fraction of sp³-hybridized carbons (Fsp3) is 0.588. The molecular weight excluding hydrogens is 262 g/mol. The van der Waals surface area contributed by atoms with E-state index in [1.807, 2.05) is 6.07 Å². The summed E-state index contributed by atoms with van der Waals surface area (Å²) in [7, 11) is 2.16. The fourth-order valence-electron chi connectivity index (χ4n) is 3.43. The number of hydrogen-bond acceptors (Lipinski definition) is 3. The van der Waals surface area contributed by atoms with Crippen molar-refractivity contribution in [3.05, 3.63) is 29.8 Å². The van der Waals surface area contributed by atoms with Crippen molar-refractivity contribution in [1.82, 2.24) is 9.80 Å². The van der Waals surface area contributed by atoms with Gasteiger partial charge in [-0.1, -0.05) is 25.1 Å². The summed E-state index contributed by atoms with van der Waals surface area (Å²) in [6.45, 7) is 4.90. The Kier molecular flexibility index (Phi) is 4.15. The Morgan fingerprint density at radius 3 is 2.95 bits per heavy atom. The lowest BCUT2D eigenvalue weighted by atomic mass is 9.97. The van der Waals surface area contributed by atoms with E-state index in [1.54, 1.807) is 0 Å². The SMILES string of the molecule is CCC1CN(C(=O)C2CCc3ccccc3N2)CCN1C. The molecule has 1 N–H and O–H groups in total. The van der Waals surface area contributed by atoms with Crippen LogP contribution in [0.1, 0.15) is 25.3 Å². The highest BCUT2D eigenvalue weighted by Crippen LogP contribution is 2.25. The highest BCUT2D eigenvalue weighted by molar-refractivity contribution is 5.85. The van der Waals surface area contributed by atoms with Crippen molar-refractivity contribution in [2.75, 3.05) is 32.0 Å². The Morgan fingerprint density at radius 1 is 1.33 bits per heavy atom. The summed E-state index contributed by atoms with van der Waals surface area (Å²) in [4.78, 5) is 17.2. The average Bonchev–Trinajstić information content (AvgIpc) is 2.54. The van der Waals surface area contributed by atoms with Crippen LogP contribution in [0.2, 0.25) is 0 Å². The highest BCUT2D eigenvalue weighted by Gasteiger charge is 2.32. The number of piperazine rings is 1. The zero-order valence-electron chi connectivity index (χ0n) is 13.0. The standard InChI is InChI=1S/C17H25N3O/c1-3-14-12-20(11-10-19(14)2)17(21)16-9-8-13-6-4-5-7-15(13)18-16/h4-7,14,16,18H,3,8-12H2,1-2H3. The van der Waals surface area contributed by atoms with Crippen LogP contribution in [0.5, 0.6) is 0 Å². The number of hydrogen-bond donors (Lipinski definition) is 1. The minimum atomic E-state index is -0.0548. The second kappa shape index (κ2) is 6.06. The number of carbonyl (C=O) groups excluding carboxylic acids is 1. The Labute approximate surface area is 127 Å². The summed E-state index contributed by atoms with van der Waals surface area (Å²) in [6, 6.07) is 8.76. The maximum atomic E-state index is 12.8. The zero-order valence-corrected chi connectivity index (χ0v) is 13.0. The van der Waals surface area contributed by atoms with Crippen LogP contribution in [-0.2, 0) is 11.2 Å². The van der Waals surface area contributed by atoms with Crippen molar-refractivity contribution in [3.63, 3.8) is 0 Å². The molecule has 114 valence electrons. The highest BCUT2D eigenvalue weighted by atomic mass is 16.2. The van der Waals surface area contributed by atoms with Gasteiger partial charge in [0, 0.05) is 31.4 Å². The minimum Gasteiger partial charge on any atom is -0.373 e. The number of fused-ring (bicyclic) bond motifs is 1. The number of carbonyl (C=O) groups is 1. The Bertz CT molecular complexity index is 517. The third-order valence-corrected chi connectivity index (χ3v) is 4.91. The van der Waals surface area contributed by atoms with Crippen LogP contribution in [0, 0.1) is 0 Å². The smallest absolute Gasteiger partial charge is 0.245 e. The Hall–Kier alpha value is -1.55. The molecule has 1 saturated heterocycles. The summed E-state index contributed by atoms with van der Waals surface area (Å²) in [5.74, 6) is 0.274. The molecule has 2 atom stereocenters. The molecule has 3 rings (SSSR count). The van der Waals surface area contributed by atoms with Crippen molar-refractivity contribution in [1.29, 1.82) is 0 Å². The zero-order chi connectivity index (χ0) is 14.8. The number of nitrogens with zero attached hydrogens (tertiary/aromatic N) is 2. The summed E-state index contributed by atoms with van der Waals surface area (Å²) in [5.41, 5.74) is 2.45. The Morgan fingerprint density at radius 2 is 2.14 bits per heavy atom. The van der Waals surface area contributed by atoms with Crippen molar-refractivity contribution < 1.29 is 4.79 Å². The number of benzene rings is 1. The van der Waals surface area contributed by atoms with Gasteiger partial charge in [-0.2, -0.15) is 0 Å². The monoisotopic (exact) mass is 287 g/mol. The van der Waals surface area contributed by atoms with Crippen molar-refractivity contribution in [2.24, 2.45) is 0 Å². The van der Waals surface area contributed by atoms with E-state index < -0.39 is 0 Å². The molecule has 2 heterocycles. The van der Waals surface area contributed by atoms with E-state index in [0.29, 0.717) is 6.04 Å². The molecule has 21 heavy (non-hydrogen) atoms. The first-order valence-corrected chi connectivity index (χ1v) is 8.02. The largest absolute Gasteiger partial charge is 0.373 e. The average molecular weight is 287 g/mol. The van der Waals surface area contributed by atoms with Gasteiger partial charge in [0.25, 0.3) is 0 Å². The summed E-state index contributed by atoms with van der Waals surface area (Å²) >= 11 is 0. The van der Waals surface area contributed by atoms with Crippen LogP contribution >= 0.6 is 0 Å². The third kappa shape index (κ3) is 2.91. The number of rotatable bonds is 2. The quantitative estimate of drug-likeness (QED) is 0.903. The van der Waals surface area contributed by atoms with Crippen LogP contribution in [0.3, 0.4) is 0 Å². The molecule has 0 aromatic heterocycles. The van der Waals surface area contributed by atoms with E-state index in [0.717, 1.165) is 44.6 Å². The summed E-state index contributed by atoms with van der Waals surface area (Å²) in [5, 5.41) is 3.43. The predicted octanol–water partition coefficient (Wildman–Crippen LogP) is 1.97. The first-order chi connectivity index (χ1) is 10.2. The van der Waals surface area contributed by atoms with E-state index in [2.05, 4.69) is 47.3 Å². The molecule has 0 bridgehead atoms. The second-order valence-electron chi connectivity index (χ2n) is 6.22. The lowest BCUT2D eigenvalue weighted by Crippen LogP contribution is -2.56. The number of para-hydroxylation sites is 1. The fourth-order valence-corrected chi connectivity index (χ4v) is 3.43. The second-order valence-corrected chi connectivity index (χ2v) is 6.22. The summed E-state index contributed by atoms with van der Waals surface area (Å²) < 4.78 is 0.